The molecule has 1 amide bonds. The Kier molecular flexibility index (Phi) is 5.11. The highest BCUT2D eigenvalue weighted by Crippen LogP contribution is 2.31. The molecule has 2 saturated heterocycles. The Morgan fingerprint density at radius 2 is 2.15 bits per heavy atom. The Bertz CT molecular complexity index is 1270. The fourth-order valence-electron chi connectivity index (χ4n) is 5.62. The number of benzene rings is 1. The number of amides is 1. The highest BCUT2D eigenvalue weighted by atomic mass is 16.2. The summed E-state index contributed by atoms with van der Waals surface area (Å²) in [6.07, 6.45) is 9.96. The number of aromatic nitrogens is 2. The second-order valence-corrected chi connectivity index (χ2v) is 9.54. The first kappa shape index (κ1) is 20.9. The molecule has 3 atom stereocenters. The normalized spacial score (nSPS) is 26.8. The van der Waals surface area contributed by atoms with Gasteiger partial charge in [0.1, 0.15) is 11.7 Å². The maximum absolute atomic E-state index is 13.7. The number of hydrazine groups is 1. The zero-order valence-electron chi connectivity index (χ0n) is 19.2. The van der Waals surface area contributed by atoms with Crippen LogP contribution in [0, 0.1) is 17.2 Å². The van der Waals surface area contributed by atoms with Crippen LogP contribution in [-0.2, 0) is 0 Å². The monoisotopic (exact) mass is 456 g/mol. The van der Waals surface area contributed by atoms with Gasteiger partial charge in [-0.05, 0) is 50.8 Å². The third-order valence-electron chi connectivity index (χ3n) is 7.36. The lowest BCUT2D eigenvalue weighted by Crippen LogP contribution is -2.54. The summed E-state index contributed by atoms with van der Waals surface area (Å²) in [5.41, 5.74) is 6.14. The molecule has 9 nitrogen and oxygen atoms in total. The highest BCUT2D eigenvalue weighted by Gasteiger charge is 2.38. The van der Waals surface area contributed by atoms with Gasteiger partial charge in [0.05, 0.1) is 35.2 Å². The maximum atomic E-state index is 13.7. The van der Waals surface area contributed by atoms with Crippen LogP contribution in [-0.4, -0.2) is 68.5 Å². The van der Waals surface area contributed by atoms with Crippen LogP contribution in [0.1, 0.15) is 43.0 Å². The van der Waals surface area contributed by atoms with Gasteiger partial charge in [0, 0.05) is 43.0 Å². The van der Waals surface area contributed by atoms with Gasteiger partial charge in [-0.1, -0.05) is 6.07 Å². The molecule has 6 rings (SSSR count). The summed E-state index contributed by atoms with van der Waals surface area (Å²) in [5.74, 6) is 1.93. The minimum Gasteiger partial charge on any atom is -0.355 e. The van der Waals surface area contributed by atoms with Gasteiger partial charge in [-0.25, -0.2) is 10.4 Å². The lowest BCUT2D eigenvalue weighted by atomic mass is 9.94. The van der Waals surface area contributed by atoms with E-state index in [1.165, 1.54) is 0 Å². The molecular formula is C25H28N8O. The van der Waals surface area contributed by atoms with E-state index in [1.54, 1.807) is 6.20 Å². The van der Waals surface area contributed by atoms with E-state index in [2.05, 4.69) is 45.8 Å². The minimum atomic E-state index is -0.0135. The van der Waals surface area contributed by atoms with Crippen LogP contribution in [0.3, 0.4) is 0 Å². The predicted octanol–water partition coefficient (Wildman–Crippen LogP) is 2.75. The Labute approximate surface area is 198 Å². The number of carbonyl (C=O) groups is 1. The number of likely N-dealkylation sites (tertiary alicyclic amines) is 2. The number of hydrogen-bond donors (Lipinski definition) is 2. The van der Waals surface area contributed by atoms with Crippen molar-refractivity contribution in [1.29, 1.82) is 5.26 Å². The smallest absolute Gasteiger partial charge is 0.254 e. The Morgan fingerprint density at radius 3 is 3.00 bits per heavy atom. The molecule has 2 aromatic rings. The van der Waals surface area contributed by atoms with Crippen LogP contribution in [0.15, 0.2) is 53.1 Å². The van der Waals surface area contributed by atoms with E-state index in [0.717, 1.165) is 73.5 Å². The van der Waals surface area contributed by atoms with Gasteiger partial charge < -0.3 is 9.80 Å². The molecule has 4 aliphatic heterocycles. The quantitative estimate of drug-likeness (QED) is 0.720. The number of nitriles is 1. The van der Waals surface area contributed by atoms with Gasteiger partial charge in [-0.15, -0.1) is 0 Å². The fourth-order valence-corrected chi connectivity index (χ4v) is 5.62. The molecule has 4 aliphatic rings. The third kappa shape index (κ3) is 3.46. The molecule has 0 saturated carbocycles. The van der Waals surface area contributed by atoms with Gasteiger partial charge >= 0.3 is 0 Å². The van der Waals surface area contributed by atoms with E-state index in [1.807, 2.05) is 28.1 Å². The molecule has 2 fully saturated rings. The number of aromatic amines is 1. The Morgan fingerprint density at radius 1 is 1.24 bits per heavy atom. The van der Waals surface area contributed by atoms with E-state index >= 15 is 0 Å². The second-order valence-electron chi connectivity index (χ2n) is 9.54. The number of aliphatic imine (C=N–C) groups is 1. The second kappa shape index (κ2) is 8.29. The number of amidine groups is 1. The molecule has 0 aliphatic carbocycles. The molecule has 174 valence electrons. The number of fused-ring (bicyclic) bond motifs is 2. The summed E-state index contributed by atoms with van der Waals surface area (Å²) in [5, 5.41) is 19.2. The van der Waals surface area contributed by atoms with Gasteiger partial charge in [-0.2, -0.15) is 10.4 Å². The molecule has 0 radical (unpaired) electrons. The molecule has 0 bridgehead atoms. The highest BCUT2D eigenvalue weighted by molar-refractivity contribution is 6.06. The van der Waals surface area contributed by atoms with Crippen LogP contribution >= 0.6 is 0 Å². The number of nitrogens with zero attached hydrogens (tertiary/aromatic N) is 6. The number of nitrogens with one attached hydrogen (secondary N) is 2. The minimum absolute atomic E-state index is 0.0135. The van der Waals surface area contributed by atoms with Crippen molar-refractivity contribution < 1.29 is 4.79 Å². The summed E-state index contributed by atoms with van der Waals surface area (Å²) >= 11 is 0. The molecule has 0 spiro atoms. The van der Waals surface area contributed by atoms with Crippen molar-refractivity contribution in [3.8, 4) is 6.07 Å². The first-order valence-electron chi connectivity index (χ1n) is 12.0. The number of hydrogen-bond acceptors (Lipinski definition) is 7. The topological polar surface area (TPSA) is 104 Å². The maximum Gasteiger partial charge on any atom is 0.254 e. The number of carbonyl (C=O) groups excluding carboxylic acids is 1. The van der Waals surface area contributed by atoms with Gasteiger partial charge in [0.2, 0.25) is 0 Å². The lowest BCUT2D eigenvalue weighted by Gasteiger charge is -2.39. The predicted molar refractivity (Wildman–Crippen MR) is 128 cm³/mol. The van der Waals surface area contributed by atoms with Crippen LogP contribution in [0.4, 0.5) is 0 Å². The first-order chi connectivity index (χ1) is 16.6. The third-order valence-corrected chi connectivity index (χ3v) is 7.36. The van der Waals surface area contributed by atoms with Crippen molar-refractivity contribution in [2.45, 2.75) is 44.7 Å². The molecular weight excluding hydrogens is 428 g/mol. The number of H-pyrrole nitrogens is 1. The zero-order chi connectivity index (χ0) is 23.2. The number of rotatable bonds is 2. The van der Waals surface area contributed by atoms with E-state index in [-0.39, 0.29) is 23.9 Å². The average Bonchev–Trinajstić information content (AvgIpc) is 3.61. The van der Waals surface area contributed by atoms with E-state index in [9.17, 15) is 10.1 Å². The van der Waals surface area contributed by atoms with Crippen LogP contribution in [0.5, 0.6) is 0 Å². The zero-order valence-corrected chi connectivity index (χ0v) is 19.2. The van der Waals surface area contributed by atoms with Crippen molar-refractivity contribution >= 4 is 22.6 Å². The largest absolute Gasteiger partial charge is 0.355 e. The molecule has 1 aromatic heterocycles. The average molecular weight is 457 g/mol. The van der Waals surface area contributed by atoms with E-state index < -0.39 is 0 Å². The summed E-state index contributed by atoms with van der Waals surface area (Å²) in [7, 11) is 0. The standard InChI is InChI=1S/C25H28N8O/c1-16-14-33-23(28-24(16)31-10-8-17(12-26)15-31)11-21(30-33)22-7-2-3-9-32(22)25(34)18-5-4-6-20-19(18)13-27-29-20/h4-6,11,13-14,17,21-22,30H,2-3,7-10,15H2,1H3,(H,27,29). The fraction of sp³-hybridized carbons (Fsp3) is 0.440. The molecule has 34 heavy (non-hydrogen) atoms. The van der Waals surface area contributed by atoms with Crippen LogP contribution in [0.25, 0.3) is 10.9 Å². The lowest BCUT2D eigenvalue weighted by molar-refractivity contribution is 0.0563. The van der Waals surface area contributed by atoms with E-state index in [4.69, 9.17) is 4.99 Å². The van der Waals surface area contributed by atoms with Crippen LogP contribution in [0.2, 0.25) is 0 Å². The van der Waals surface area contributed by atoms with Gasteiger partial charge in [-0.3, -0.25) is 14.9 Å². The van der Waals surface area contributed by atoms with Crippen molar-refractivity contribution in [3.63, 3.8) is 0 Å². The number of piperidine rings is 1. The summed E-state index contributed by atoms with van der Waals surface area (Å²) in [4.78, 5) is 22.9. The SMILES string of the molecule is CC1=CN2NC(C3CCCCN3C(=O)c3cccc4n[nH]cc34)C=C2N=C1N1CCC(C#N)C1. The molecule has 9 heteroatoms. The van der Waals surface area contributed by atoms with Gasteiger partial charge in [0.15, 0.2) is 0 Å². The van der Waals surface area contributed by atoms with Crippen molar-refractivity contribution in [3.05, 3.63) is 53.6 Å². The van der Waals surface area contributed by atoms with Crippen molar-refractivity contribution in [2.75, 3.05) is 19.6 Å². The molecule has 5 heterocycles. The molecule has 1 aromatic carbocycles. The van der Waals surface area contributed by atoms with Gasteiger partial charge in [0.25, 0.3) is 5.91 Å². The molecule has 2 N–H and O–H groups in total. The van der Waals surface area contributed by atoms with E-state index in [0.29, 0.717) is 5.56 Å². The summed E-state index contributed by atoms with van der Waals surface area (Å²) in [6.45, 7) is 4.39. The first-order valence-corrected chi connectivity index (χ1v) is 12.0. The summed E-state index contributed by atoms with van der Waals surface area (Å²) in [6, 6.07) is 8.12. The Hall–Kier alpha value is -3.64. The van der Waals surface area contributed by atoms with Crippen molar-refractivity contribution in [1.82, 2.24) is 30.4 Å². The Balaban J connectivity index is 1.26. The van der Waals surface area contributed by atoms with Crippen molar-refractivity contribution in [2.24, 2.45) is 10.9 Å². The van der Waals surface area contributed by atoms with Crippen LogP contribution < -0.4 is 5.43 Å². The summed E-state index contributed by atoms with van der Waals surface area (Å²) < 4.78 is 0. The molecule has 3 unspecified atom stereocenters.